The second kappa shape index (κ2) is 7.09. The Morgan fingerprint density at radius 3 is 2.67 bits per heavy atom. The minimum atomic E-state index is -4.68. The van der Waals surface area contributed by atoms with Crippen LogP contribution >= 0.6 is 0 Å². The normalized spacial score (nSPS) is 19.1. The van der Waals surface area contributed by atoms with Gasteiger partial charge in [-0.1, -0.05) is 24.6 Å². The first kappa shape index (κ1) is 19.0. The molecule has 0 aliphatic carbocycles. The lowest BCUT2D eigenvalue weighted by molar-refractivity contribution is -0.141. The second-order valence-corrected chi connectivity index (χ2v) is 6.56. The third kappa shape index (κ3) is 3.99. The molecule has 2 aromatic rings. The number of fused-ring (bicyclic) bond motifs is 1. The first-order valence-corrected chi connectivity index (χ1v) is 8.57. The molecular weight excluding hydrogens is 361 g/mol. The molecule has 8 heteroatoms. The van der Waals surface area contributed by atoms with Gasteiger partial charge in [0.1, 0.15) is 23.1 Å². The van der Waals surface area contributed by atoms with E-state index in [1.807, 2.05) is 32.0 Å². The van der Waals surface area contributed by atoms with Crippen molar-refractivity contribution in [1.82, 2.24) is 10.3 Å². The van der Waals surface area contributed by atoms with Crippen molar-refractivity contribution in [1.29, 1.82) is 0 Å². The molecule has 2 unspecified atom stereocenters. The van der Waals surface area contributed by atoms with Gasteiger partial charge in [-0.15, -0.1) is 0 Å². The highest BCUT2D eigenvalue weighted by Crippen LogP contribution is 2.36. The van der Waals surface area contributed by atoms with Crippen molar-refractivity contribution in [3.05, 3.63) is 63.1 Å². The molecule has 0 fully saturated rings. The standard InChI is InChI=1S/C19H19F3N2O3/c1-3-11-9-14(13-8-10(2)4-6-15(13)27-11)23-17(25)12-5-7-16(19(20,21)22)24-18(12)26/h4-8,11,14H,3,9H2,1-2H3,(H,23,25)(H,24,26). The Morgan fingerprint density at radius 1 is 1.30 bits per heavy atom. The fraction of sp³-hybridized carbons (Fsp3) is 0.368. The van der Waals surface area contributed by atoms with Crippen molar-refractivity contribution in [3.8, 4) is 5.75 Å². The van der Waals surface area contributed by atoms with Gasteiger partial charge < -0.3 is 15.0 Å². The van der Waals surface area contributed by atoms with Crippen LogP contribution in [0.15, 0.2) is 35.1 Å². The summed E-state index contributed by atoms with van der Waals surface area (Å²) >= 11 is 0. The average Bonchev–Trinajstić information content (AvgIpc) is 2.60. The van der Waals surface area contributed by atoms with Crippen LogP contribution in [0.1, 0.15) is 53.0 Å². The first-order valence-electron chi connectivity index (χ1n) is 8.57. The predicted octanol–water partition coefficient (Wildman–Crippen LogP) is 3.73. The van der Waals surface area contributed by atoms with Crippen LogP contribution in [-0.2, 0) is 6.18 Å². The van der Waals surface area contributed by atoms with E-state index in [1.165, 1.54) is 0 Å². The molecule has 2 heterocycles. The van der Waals surface area contributed by atoms with Gasteiger partial charge in [0.05, 0.1) is 6.04 Å². The average molecular weight is 380 g/mol. The van der Waals surface area contributed by atoms with E-state index in [9.17, 15) is 22.8 Å². The summed E-state index contributed by atoms with van der Waals surface area (Å²) in [4.78, 5) is 26.2. The van der Waals surface area contributed by atoms with Crippen LogP contribution in [0.25, 0.3) is 0 Å². The topological polar surface area (TPSA) is 71.2 Å². The highest BCUT2D eigenvalue weighted by atomic mass is 19.4. The number of benzene rings is 1. The number of hydrogen-bond acceptors (Lipinski definition) is 3. The fourth-order valence-electron chi connectivity index (χ4n) is 3.11. The Morgan fingerprint density at radius 2 is 2.04 bits per heavy atom. The third-order valence-corrected chi connectivity index (χ3v) is 4.55. The van der Waals surface area contributed by atoms with E-state index in [2.05, 4.69) is 5.32 Å². The molecule has 1 aromatic heterocycles. The zero-order chi connectivity index (χ0) is 19.8. The summed E-state index contributed by atoms with van der Waals surface area (Å²) in [7, 11) is 0. The van der Waals surface area contributed by atoms with E-state index >= 15 is 0 Å². The first-order chi connectivity index (χ1) is 12.7. The number of aromatic amines is 1. The van der Waals surface area contributed by atoms with Crippen molar-refractivity contribution in [2.45, 2.75) is 45.0 Å². The third-order valence-electron chi connectivity index (χ3n) is 4.55. The Kier molecular flexibility index (Phi) is 4.99. The molecule has 0 spiro atoms. The van der Waals surface area contributed by atoms with Gasteiger partial charge in [-0.3, -0.25) is 9.59 Å². The minimum absolute atomic E-state index is 0.101. The molecule has 27 heavy (non-hydrogen) atoms. The van der Waals surface area contributed by atoms with Crippen LogP contribution in [0, 0.1) is 6.92 Å². The second-order valence-electron chi connectivity index (χ2n) is 6.56. The summed E-state index contributed by atoms with van der Waals surface area (Å²) in [5, 5.41) is 2.76. The lowest BCUT2D eigenvalue weighted by Crippen LogP contribution is -2.38. The van der Waals surface area contributed by atoms with Gasteiger partial charge in [0.2, 0.25) is 0 Å². The van der Waals surface area contributed by atoms with Gasteiger partial charge in [-0.2, -0.15) is 13.2 Å². The summed E-state index contributed by atoms with van der Waals surface area (Å²) < 4.78 is 43.9. The summed E-state index contributed by atoms with van der Waals surface area (Å²) in [5.74, 6) is -0.0653. The quantitative estimate of drug-likeness (QED) is 0.852. The predicted molar refractivity (Wildman–Crippen MR) is 92.8 cm³/mol. The number of rotatable bonds is 3. The molecule has 0 bridgehead atoms. The van der Waals surface area contributed by atoms with E-state index in [-0.39, 0.29) is 11.7 Å². The maximum atomic E-state index is 12.7. The van der Waals surface area contributed by atoms with Gasteiger partial charge in [-0.05, 0) is 31.5 Å². The van der Waals surface area contributed by atoms with Crippen LogP contribution in [0.2, 0.25) is 0 Å². The molecule has 3 rings (SSSR count). The van der Waals surface area contributed by atoms with Crippen LogP contribution in [0.5, 0.6) is 5.75 Å². The lowest BCUT2D eigenvalue weighted by atomic mass is 9.94. The highest BCUT2D eigenvalue weighted by Gasteiger charge is 2.33. The lowest BCUT2D eigenvalue weighted by Gasteiger charge is -2.32. The van der Waals surface area contributed by atoms with E-state index in [0.29, 0.717) is 18.2 Å². The number of alkyl halides is 3. The molecule has 1 aliphatic rings. The summed E-state index contributed by atoms with van der Waals surface area (Å²) in [6.07, 6.45) is -3.53. The summed E-state index contributed by atoms with van der Waals surface area (Å²) in [6, 6.07) is 6.81. The molecule has 0 saturated carbocycles. The van der Waals surface area contributed by atoms with Gasteiger partial charge in [0.25, 0.3) is 11.5 Å². The summed E-state index contributed by atoms with van der Waals surface area (Å²) in [5.41, 5.74) is -0.861. The molecule has 144 valence electrons. The molecule has 0 radical (unpaired) electrons. The van der Waals surface area contributed by atoms with E-state index in [0.717, 1.165) is 23.6 Å². The monoisotopic (exact) mass is 380 g/mol. The van der Waals surface area contributed by atoms with Crippen molar-refractivity contribution in [2.75, 3.05) is 0 Å². The van der Waals surface area contributed by atoms with E-state index in [4.69, 9.17) is 4.74 Å². The van der Waals surface area contributed by atoms with Crippen molar-refractivity contribution in [3.63, 3.8) is 0 Å². The Bertz CT molecular complexity index is 921. The van der Waals surface area contributed by atoms with Crippen LogP contribution in [-0.4, -0.2) is 17.0 Å². The van der Waals surface area contributed by atoms with Crippen molar-refractivity contribution >= 4 is 5.91 Å². The maximum absolute atomic E-state index is 12.7. The van der Waals surface area contributed by atoms with Gasteiger partial charge in [0.15, 0.2) is 0 Å². The number of ether oxygens (including phenoxy) is 1. The molecule has 0 saturated heterocycles. The van der Waals surface area contributed by atoms with E-state index in [1.54, 1.807) is 4.98 Å². The molecule has 2 atom stereocenters. The molecule has 2 N–H and O–H groups in total. The zero-order valence-electron chi connectivity index (χ0n) is 14.8. The number of hydrogen-bond donors (Lipinski definition) is 2. The highest BCUT2D eigenvalue weighted by molar-refractivity contribution is 5.94. The molecule has 1 amide bonds. The molecule has 1 aliphatic heterocycles. The van der Waals surface area contributed by atoms with E-state index < -0.39 is 29.4 Å². The molecule has 1 aromatic carbocycles. The number of carbonyl (C=O) groups is 1. The van der Waals surface area contributed by atoms with Crippen LogP contribution < -0.4 is 15.6 Å². The zero-order valence-corrected chi connectivity index (χ0v) is 14.8. The number of nitrogens with one attached hydrogen (secondary N) is 2. The van der Waals surface area contributed by atoms with Gasteiger partial charge in [0, 0.05) is 12.0 Å². The molecular formula is C19H19F3N2O3. The Balaban J connectivity index is 1.88. The minimum Gasteiger partial charge on any atom is -0.490 e. The number of aromatic nitrogens is 1. The molecule has 5 nitrogen and oxygen atoms in total. The van der Waals surface area contributed by atoms with Crippen molar-refractivity contribution < 1.29 is 22.7 Å². The largest absolute Gasteiger partial charge is 0.490 e. The number of halogens is 3. The number of H-pyrrole nitrogens is 1. The number of amides is 1. The SMILES string of the molecule is CCC1CC(NC(=O)c2ccc(C(F)(F)F)[nH]c2=O)c2cc(C)ccc2O1. The van der Waals surface area contributed by atoms with Gasteiger partial charge >= 0.3 is 6.18 Å². The fourth-order valence-corrected chi connectivity index (χ4v) is 3.11. The number of aryl methyl sites for hydroxylation is 1. The summed E-state index contributed by atoms with van der Waals surface area (Å²) in [6.45, 7) is 3.87. The Labute approximate surface area is 153 Å². The van der Waals surface area contributed by atoms with Gasteiger partial charge in [-0.25, -0.2) is 0 Å². The van der Waals surface area contributed by atoms with Crippen molar-refractivity contribution in [2.24, 2.45) is 0 Å². The number of carbonyl (C=O) groups excluding carboxylic acids is 1. The Hall–Kier alpha value is -2.77. The van der Waals surface area contributed by atoms with Crippen LogP contribution in [0.3, 0.4) is 0 Å². The maximum Gasteiger partial charge on any atom is 0.431 e. The number of pyridine rings is 1. The smallest absolute Gasteiger partial charge is 0.431 e. The van der Waals surface area contributed by atoms with Crippen LogP contribution in [0.4, 0.5) is 13.2 Å².